The van der Waals surface area contributed by atoms with Crippen molar-refractivity contribution in [3.8, 4) is 33.8 Å². The molecule has 9 aromatic carbocycles. The van der Waals surface area contributed by atoms with E-state index in [-0.39, 0.29) is 0 Å². The second kappa shape index (κ2) is 17.3. The molecule has 0 amide bonds. The van der Waals surface area contributed by atoms with Crippen LogP contribution in [0.3, 0.4) is 0 Å². The Kier molecular flexibility index (Phi) is 9.53. The fourth-order valence-electron chi connectivity index (χ4n) is 13.4. The van der Waals surface area contributed by atoms with Gasteiger partial charge in [0, 0.05) is 79.5 Å². The van der Waals surface area contributed by atoms with Crippen molar-refractivity contribution in [2.45, 2.75) is 12.8 Å². The maximum absolute atomic E-state index is 5.47. The number of hydrogen-bond donors (Lipinski definition) is 1. The van der Waals surface area contributed by atoms with Gasteiger partial charge in [0.2, 0.25) is 0 Å². The lowest BCUT2D eigenvalue weighted by Crippen LogP contribution is -2.05. The van der Waals surface area contributed by atoms with Crippen LogP contribution in [0.1, 0.15) is 28.8 Å². The summed E-state index contributed by atoms with van der Waals surface area (Å²) in [6.07, 6.45) is 14.0. The minimum Gasteiger partial charge on any atom is -0.379 e. The van der Waals surface area contributed by atoms with Gasteiger partial charge in [0.15, 0.2) is 0 Å². The normalized spacial score (nSPS) is 13.3. The quantitative estimate of drug-likeness (QED) is 0.174. The number of benzene rings is 9. The molecule has 0 atom stereocenters. The van der Waals surface area contributed by atoms with Crippen molar-refractivity contribution in [1.29, 1.82) is 0 Å². The third-order valence-corrected chi connectivity index (χ3v) is 17.4. The second-order valence-corrected chi connectivity index (χ2v) is 21.9. The number of aryl methyl sites for hydroxylation is 1. The number of hydrogen-bond acceptors (Lipinski definition) is 8. The molecule has 82 heavy (non-hydrogen) atoms. The van der Waals surface area contributed by atoms with Crippen LogP contribution in [0.5, 0.6) is 0 Å². The van der Waals surface area contributed by atoms with E-state index in [2.05, 4.69) is 193 Å². The Bertz CT molecular complexity index is 5610. The maximum Gasteiger partial charge on any atom is 0.0972 e. The molecule has 1 N–H and O–H groups in total. The number of aromatic nitrogens is 7. The number of nitrogens with zero attached hydrogens (tertiary/aromatic N) is 7. The van der Waals surface area contributed by atoms with Crippen molar-refractivity contribution >= 4 is 143 Å². The van der Waals surface area contributed by atoms with E-state index in [0.29, 0.717) is 0 Å². The van der Waals surface area contributed by atoms with Crippen LogP contribution in [0.25, 0.3) is 171 Å². The lowest BCUT2D eigenvalue weighted by molar-refractivity contribution is 1.01. The third kappa shape index (κ3) is 6.82. The molecule has 0 bridgehead atoms. The van der Waals surface area contributed by atoms with Crippen LogP contribution in [0.4, 0.5) is 5.69 Å². The first-order chi connectivity index (χ1) is 40.6. The van der Waals surface area contributed by atoms with Crippen molar-refractivity contribution in [2.24, 2.45) is 0 Å². The molecule has 8 nitrogen and oxygen atoms in total. The molecule has 16 aromatic rings. The van der Waals surface area contributed by atoms with Gasteiger partial charge in [-0.05, 0) is 145 Å². The molecule has 1 aliphatic carbocycles. The number of rotatable bonds is 4. The highest BCUT2D eigenvalue weighted by molar-refractivity contribution is 6.35. The minimum absolute atomic E-state index is 0.767. The zero-order chi connectivity index (χ0) is 53.6. The highest BCUT2D eigenvalue weighted by Crippen LogP contribution is 2.49. The summed E-state index contributed by atoms with van der Waals surface area (Å²) in [5.41, 5.74) is 19.1. The second-order valence-electron chi connectivity index (χ2n) is 21.9. The first-order valence-corrected chi connectivity index (χ1v) is 28.0. The van der Waals surface area contributed by atoms with Crippen molar-refractivity contribution in [3.63, 3.8) is 0 Å². The van der Waals surface area contributed by atoms with Crippen molar-refractivity contribution in [1.82, 2.24) is 34.9 Å². The number of allylic oxidation sites excluding steroid dienone is 1. The van der Waals surface area contributed by atoms with Gasteiger partial charge in [0.1, 0.15) is 0 Å². The van der Waals surface area contributed by atoms with E-state index in [4.69, 9.17) is 34.9 Å². The summed E-state index contributed by atoms with van der Waals surface area (Å²) in [4.78, 5) is 36.3. The van der Waals surface area contributed by atoms with E-state index in [1.54, 1.807) is 0 Å². The van der Waals surface area contributed by atoms with E-state index < -0.39 is 0 Å². The van der Waals surface area contributed by atoms with E-state index >= 15 is 0 Å². The Labute approximate surface area is 468 Å². The molecule has 0 saturated carbocycles. The van der Waals surface area contributed by atoms with Gasteiger partial charge in [-0.3, -0.25) is 15.0 Å². The zero-order valence-electron chi connectivity index (χ0n) is 44.1. The molecule has 380 valence electrons. The highest BCUT2D eigenvalue weighted by Gasteiger charge is 2.25. The standard InChI is InChI=1S/C74H44N8/c1-5-41-9-13-45-21-29-61(79-71(45)67(41)75-33-1)49-17-25-53-54-26-18-51(63-31-23-47-15-11-43-7-3-35-77-69(43)73(47)81-63)39-59(54)66-60-40-52(64-32-24-48-16-12-44-8-4-36-78-70(44)74(48)82-64)20-28-56(60)55-27-19-50(38-58(55)65(66)57(53)37-49)62-30-22-46-14-10-42-6-2-34-76-68(42)72(46)80-62/h1-19,21-27,29-34,36-40,77H,20,28,35H2. The Morgan fingerprint density at radius 3 is 1.32 bits per heavy atom. The summed E-state index contributed by atoms with van der Waals surface area (Å²) >= 11 is 0. The molecule has 0 unspecified atom stereocenters. The molecular formula is C74H44N8. The largest absolute Gasteiger partial charge is 0.379 e. The predicted molar refractivity (Wildman–Crippen MR) is 340 cm³/mol. The Morgan fingerprint density at radius 1 is 0.341 bits per heavy atom. The zero-order valence-corrected chi connectivity index (χ0v) is 44.1. The Hall–Kier alpha value is -10.8. The number of fused-ring (bicyclic) bond motifs is 23. The summed E-state index contributed by atoms with van der Waals surface area (Å²) in [6.45, 7) is 0.767. The van der Waals surface area contributed by atoms with Crippen LogP contribution in [0.15, 0.2) is 213 Å². The van der Waals surface area contributed by atoms with Gasteiger partial charge in [0.25, 0.3) is 0 Å². The van der Waals surface area contributed by atoms with Gasteiger partial charge in [0.05, 0.1) is 67.1 Å². The topological polar surface area (TPSA) is 102 Å². The van der Waals surface area contributed by atoms with E-state index in [1.807, 2.05) is 36.8 Å². The number of pyridine rings is 7. The van der Waals surface area contributed by atoms with Gasteiger partial charge in [-0.1, -0.05) is 140 Å². The molecule has 0 fully saturated rings. The summed E-state index contributed by atoms with van der Waals surface area (Å²) in [5, 5.41) is 20.5. The summed E-state index contributed by atoms with van der Waals surface area (Å²) in [7, 11) is 0. The van der Waals surface area contributed by atoms with E-state index in [0.717, 1.165) is 163 Å². The van der Waals surface area contributed by atoms with E-state index in [1.165, 1.54) is 43.6 Å². The first-order valence-electron chi connectivity index (χ1n) is 28.0. The SMILES string of the molecule is C1=Cc2ccc3ccc(-c4ccc5c6ccc(-c7ccc8ccc9cccnc9c8n7)cc6c6c7cc(-c8ccc9ccc%10cccnc%10c9n8)ccc7c7c(c6c5c4)C=C(c4ccc5ccc6cccnc6c5n4)CC7)nc3c2NC1. The molecule has 1 aliphatic heterocycles. The summed E-state index contributed by atoms with van der Waals surface area (Å²) < 4.78 is 0. The average Bonchev–Trinajstić information content (AvgIpc) is 3.23. The van der Waals surface area contributed by atoms with Crippen LogP contribution in [-0.4, -0.2) is 41.4 Å². The van der Waals surface area contributed by atoms with E-state index in [9.17, 15) is 0 Å². The van der Waals surface area contributed by atoms with Gasteiger partial charge in [-0.15, -0.1) is 0 Å². The smallest absolute Gasteiger partial charge is 0.0972 e. The number of nitrogens with one attached hydrogen (secondary N) is 1. The fourth-order valence-corrected chi connectivity index (χ4v) is 13.4. The molecule has 8 heteroatoms. The monoisotopic (exact) mass is 1040 g/mol. The van der Waals surface area contributed by atoms with Crippen molar-refractivity contribution in [2.75, 3.05) is 11.9 Å². The summed E-state index contributed by atoms with van der Waals surface area (Å²) in [6, 6.07) is 67.9. The van der Waals surface area contributed by atoms with Crippen LogP contribution in [-0.2, 0) is 6.42 Å². The summed E-state index contributed by atoms with van der Waals surface area (Å²) in [5.74, 6) is 0. The van der Waals surface area contributed by atoms with Crippen LogP contribution in [0.2, 0.25) is 0 Å². The molecule has 0 saturated heterocycles. The van der Waals surface area contributed by atoms with Crippen LogP contribution < -0.4 is 5.32 Å². The lowest BCUT2D eigenvalue weighted by atomic mass is 9.79. The molecule has 2 aliphatic rings. The fraction of sp³-hybridized carbons (Fsp3) is 0.0405. The van der Waals surface area contributed by atoms with Crippen molar-refractivity contribution in [3.05, 3.63) is 235 Å². The number of anilines is 1. The van der Waals surface area contributed by atoms with Crippen LogP contribution in [0, 0.1) is 0 Å². The Balaban J connectivity index is 0.954. The third-order valence-electron chi connectivity index (χ3n) is 17.4. The van der Waals surface area contributed by atoms with Gasteiger partial charge < -0.3 is 5.32 Å². The molecule has 0 spiro atoms. The molecule has 8 heterocycles. The van der Waals surface area contributed by atoms with Crippen molar-refractivity contribution < 1.29 is 0 Å². The molecule has 18 rings (SSSR count). The first kappa shape index (κ1) is 45.1. The Morgan fingerprint density at radius 2 is 0.768 bits per heavy atom. The van der Waals surface area contributed by atoms with Crippen LogP contribution >= 0.6 is 0 Å². The minimum atomic E-state index is 0.767. The van der Waals surface area contributed by atoms with Gasteiger partial charge in [-0.25, -0.2) is 19.9 Å². The lowest BCUT2D eigenvalue weighted by Gasteiger charge is -2.24. The highest BCUT2D eigenvalue weighted by atomic mass is 14.9. The molecule has 7 aromatic heterocycles. The van der Waals surface area contributed by atoms with Gasteiger partial charge in [-0.2, -0.15) is 0 Å². The predicted octanol–water partition coefficient (Wildman–Crippen LogP) is 18.1. The molecular weight excluding hydrogens is 1000 g/mol. The molecule has 0 radical (unpaired) electrons. The average molecular weight is 1050 g/mol. The maximum atomic E-state index is 5.47. The van der Waals surface area contributed by atoms with Gasteiger partial charge >= 0.3 is 0 Å².